The Morgan fingerprint density at radius 3 is 2.54 bits per heavy atom. The van der Waals surface area contributed by atoms with Gasteiger partial charge in [0.2, 0.25) is 5.89 Å². The summed E-state index contributed by atoms with van der Waals surface area (Å²) >= 11 is 0. The third kappa shape index (κ3) is 4.55. The molecule has 1 atom stereocenters. The van der Waals surface area contributed by atoms with Crippen LogP contribution in [0.5, 0.6) is 0 Å². The van der Waals surface area contributed by atoms with E-state index in [4.69, 9.17) is 4.52 Å². The van der Waals surface area contributed by atoms with Gasteiger partial charge in [-0.1, -0.05) is 50.2 Å². The fourth-order valence-electron chi connectivity index (χ4n) is 2.08. The standard InChI is InChI=1S/C17H24N4O3/c1-11(14-20-15(21-24-14)17(2,3)4)19-16(23)18-9-12-7-5-6-8-13(12)10-22/h5-8,11,22H,9-10H2,1-4H3,(H2,18,19,23). The van der Waals surface area contributed by atoms with Crippen molar-refractivity contribution in [1.82, 2.24) is 20.8 Å². The molecule has 0 spiro atoms. The van der Waals surface area contributed by atoms with E-state index < -0.39 is 6.04 Å². The number of benzene rings is 1. The molecule has 2 rings (SSSR count). The van der Waals surface area contributed by atoms with E-state index in [2.05, 4.69) is 20.8 Å². The molecule has 24 heavy (non-hydrogen) atoms. The summed E-state index contributed by atoms with van der Waals surface area (Å²) < 4.78 is 5.22. The SMILES string of the molecule is CC(NC(=O)NCc1ccccc1CO)c1nc(C(C)(C)C)no1. The Balaban J connectivity index is 1.91. The highest BCUT2D eigenvalue weighted by Gasteiger charge is 2.23. The molecular weight excluding hydrogens is 308 g/mol. The van der Waals surface area contributed by atoms with Crippen LogP contribution in [-0.2, 0) is 18.6 Å². The molecule has 2 amide bonds. The van der Waals surface area contributed by atoms with E-state index in [1.54, 1.807) is 6.92 Å². The van der Waals surface area contributed by atoms with Crippen molar-refractivity contribution in [2.24, 2.45) is 0 Å². The van der Waals surface area contributed by atoms with Crippen LogP contribution in [0.1, 0.15) is 56.6 Å². The summed E-state index contributed by atoms with van der Waals surface area (Å²) in [7, 11) is 0. The fraction of sp³-hybridized carbons (Fsp3) is 0.471. The minimum absolute atomic E-state index is 0.0621. The molecular formula is C17H24N4O3. The molecule has 7 heteroatoms. The Kier molecular flexibility index (Phi) is 5.56. The van der Waals surface area contributed by atoms with Gasteiger partial charge in [0.05, 0.1) is 6.61 Å². The maximum atomic E-state index is 12.0. The largest absolute Gasteiger partial charge is 0.392 e. The van der Waals surface area contributed by atoms with Crippen molar-refractivity contribution in [1.29, 1.82) is 0 Å². The quantitative estimate of drug-likeness (QED) is 0.781. The van der Waals surface area contributed by atoms with Gasteiger partial charge in [-0.2, -0.15) is 4.98 Å². The lowest BCUT2D eigenvalue weighted by atomic mass is 9.96. The summed E-state index contributed by atoms with van der Waals surface area (Å²) in [6.45, 7) is 8.02. The van der Waals surface area contributed by atoms with Crippen molar-refractivity contribution in [3.63, 3.8) is 0 Å². The van der Waals surface area contributed by atoms with Gasteiger partial charge in [0.15, 0.2) is 5.82 Å². The van der Waals surface area contributed by atoms with Gasteiger partial charge in [0.1, 0.15) is 6.04 Å². The van der Waals surface area contributed by atoms with Gasteiger partial charge in [-0.05, 0) is 18.1 Å². The molecule has 0 saturated heterocycles. The van der Waals surface area contributed by atoms with Crippen LogP contribution in [0.15, 0.2) is 28.8 Å². The topological polar surface area (TPSA) is 100 Å². The third-order valence-electron chi connectivity index (χ3n) is 3.56. The average Bonchev–Trinajstić information content (AvgIpc) is 3.03. The number of hydrogen-bond acceptors (Lipinski definition) is 5. The van der Waals surface area contributed by atoms with E-state index in [0.29, 0.717) is 18.3 Å². The van der Waals surface area contributed by atoms with Crippen LogP contribution in [0, 0.1) is 0 Å². The van der Waals surface area contributed by atoms with E-state index in [1.165, 1.54) is 0 Å². The lowest BCUT2D eigenvalue weighted by Crippen LogP contribution is -2.37. The zero-order valence-corrected chi connectivity index (χ0v) is 14.5. The van der Waals surface area contributed by atoms with Crippen LogP contribution in [0.25, 0.3) is 0 Å². The smallest absolute Gasteiger partial charge is 0.315 e. The number of carbonyl (C=O) groups is 1. The predicted molar refractivity (Wildman–Crippen MR) is 89.1 cm³/mol. The first-order valence-electron chi connectivity index (χ1n) is 7.87. The van der Waals surface area contributed by atoms with Gasteiger partial charge in [-0.3, -0.25) is 0 Å². The molecule has 3 N–H and O–H groups in total. The number of hydrogen-bond donors (Lipinski definition) is 3. The number of carbonyl (C=O) groups excluding carboxylic acids is 1. The van der Waals surface area contributed by atoms with Gasteiger partial charge in [-0.15, -0.1) is 0 Å². The second-order valence-electron chi connectivity index (χ2n) is 6.68. The van der Waals surface area contributed by atoms with Crippen LogP contribution in [-0.4, -0.2) is 21.3 Å². The summed E-state index contributed by atoms with van der Waals surface area (Å²) in [5.41, 5.74) is 1.45. The Hall–Kier alpha value is -2.41. The number of aliphatic hydroxyl groups excluding tert-OH is 1. The molecule has 0 bridgehead atoms. The van der Waals surface area contributed by atoms with Crippen molar-refractivity contribution in [2.45, 2.75) is 52.3 Å². The van der Waals surface area contributed by atoms with Crippen molar-refractivity contribution < 1.29 is 14.4 Å². The molecule has 1 unspecified atom stereocenters. The first kappa shape index (κ1) is 17.9. The van der Waals surface area contributed by atoms with Crippen LogP contribution in [0.3, 0.4) is 0 Å². The van der Waals surface area contributed by atoms with Gasteiger partial charge in [0.25, 0.3) is 0 Å². The van der Waals surface area contributed by atoms with E-state index in [9.17, 15) is 9.90 Å². The number of rotatable bonds is 5. The Labute approximate surface area is 141 Å². The minimum atomic E-state index is -0.401. The summed E-state index contributed by atoms with van der Waals surface area (Å²) in [5, 5.41) is 18.8. The maximum Gasteiger partial charge on any atom is 0.315 e. The lowest BCUT2D eigenvalue weighted by molar-refractivity contribution is 0.233. The summed E-state index contributed by atoms with van der Waals surface area (Å²) in [5.74, 6) is 0.967. The molecule has 0 saturated carbocycles. The third-order valence-corrected chi connectivity index (χ3v) is 3.56. The highest BCUT2D eigenvalue weighted by molar-refractivity contribution is 5.74. The lowest BCUT2D eigenvalue weighted by Gasteiger charge is -2.13. The molecule has 130 valence electrons. The highest BCUT2D eigenvalue weighted by Crippen LogP contribution is 2.20. The van der Waals surface area contributed by atoms with Crippen molar-refractivity contribution >= 4 is 6.03 Å². The normalized spacial score (nSPS) is 12.7. The maximum absolute atomic E-state index is 12.0. The predicted octanol–water partition coefficient (Wildman–Crippen LogP) is 2.42. The summed E-state index contributed by atoms with van der Waals surface area (Å²) in [6.07, 6.45) is 0. The number of nitrogens with zero attached hydrogens (tertiary/aromatic N) is 2. The number of nitrogens with one attached hydrogen (secondary N) is 2. The van der Waals surface area contributed by atoms with Crippen molar-refractivity contribution in [3.8, 4) is 0 Å². The molecule has 0 aliphatic carbocycles. The molecule has 2 aromatic rings. The monoisotopic (exact) mass is 332 g/mol. The Morgan fingerprint density at radius 2 is 1.96 bits per heavy atom. The molecule has 0 aliphatic heterocycles. The van der Waals surface area contributed by atoms with Crippen LogP contribution in [0.4, 0.5) is 4.79 Å². The Morgan fingerprint density at radius 1 is 1.29 bits per heavy atom. The molecule has 0 fully saturated rings. The second kappa shape index (κ2) is 7.44. The minimum Gasteiger partial charge on any atom is -0.392 e. The average molecular weight is 332 g/mol. The summed E-state index contributed by atoms with van der Waals surface area (Å²) in [4.78, 5) is 16.4. The van der Waals surface area contributed by atoms with Gasteiger partial charge < -0.3 is 20.3 Å². The van der Waals surface area contributed by atoms with Crippen LogP contribution in [0.2, 0.25) is 0 Å². The van der Waals surface area contributed by atoms with Gasteiger partial charge in [-0.25, -0.2) is 4.79 Å². The first-order chi connectivity index (χ1) is 11.3. The Bertz CT molecular complexity index is 691. The number of aromatic nitrogens is 2. The van der Waals surface area contributed by atoms with E-state index >= 15 is 0 Å². The number of amides is 2. The zero-order chi connectivity index (χ0) is 17.7. The molecule has 1 aromatic carbocycles. The second-order valence-corrected chi connectivity index (χ2v) is 6.68. The van der Waals surface area contributed by atoms with E-state index in [1.807, 2.05) is 45.0 Å². The highest BCUT2D eigenvalue weighted by atomic mass is 16.5. The molecule has 0 aliphatic rings. The van der Waals surface area contributed by atoms with Crippen LogP contribution < -0.4 is 10.6 Å². The fourth-order valence-corrected chi connectivity index (χ4v) is 2.08. The number of urea groups is 1. The molecule has 0 radical (unpaired) electrons. The van der Waals surface area contributed by atoms with Crippen LogP contribution >= 0.6 is 0 Å². The van der Waals surface area contributed by atoms with E-state index in [0.717, 1.165) is 11.1 Å². The first-order valence-corrected chi connectivity index (χ1v) is 7.87. The zero-order valence-electron chi connectivity index (χ0n) is 14.5. The molecule has 7 nitrogen and oxygen atoms in total. The number of aliphatic hydroxyl groups is 1. The van der Waals surface area contributed by atoms with Gasteiger partial charge in [0, 0.05) is 12.0 Å². The van der Waals surface area contributed by atoms with E-state index in [-0.39, 0.29) is 18.1 Å². The van der Waals surface area contributed by atoms with Crippen molar-refractivity contribution in [3.05, 3.63) is 47.1 Å². The van der Waals surface area contributed by atoms with Crippen molar-refractivity contribution in [2.75, 3.05) is 0 Å². The molecule has 1 heterocycles. The molecule has 1 aromatic heterocycles. The summed E-state index contributed by atoms with van der Waals surface area (Å²) in [6, 6.07) is 6.66. The van der Waals surface area contributed by atoms with Gasteiger partial charge >= 0.3 is 6.03 Å².